The van der Waals surface area contributed by atoms with Gasteiger partial charge in [-0.15, -0.1) is 0 Å². The normalized spacial score (nSPS) is 11.8. The van der Waals surface area contributed by atoms with E-state index in [0.29, 0.717) is 6.54 Å². The van der Waals surface area contributed by atoms with Gasteiger partial charge in [0.25, 0.3) is 5.91 Å². The highest BCUT2D eigenvalue weighted by Gasteiger charge is 2.21. The molecule has 0 aromatic heterocycles. The van der Waals surface area contributed by atoms with Crippen molar-refractivity contribution in [2.45, 2.75) is 20.3 Å². The smallest absolute Gasteiger partial charge is 0.256 e. The summed E-state index contributed by atoms with van der Waals surface area (Å²) in [5, 5.41) is 11.4. The lowest BCUT2D eigenvalue weighted by Gasteiger charge is -2.24. The van der Waals surface area contributed by atoms with Gasteiger partial charge in [0.05, 0.1) is 10.0 Å². The van der Waals surface area contributed by atoms with Crippen molar-refractivity contribution in [3.63, 3.8) is 0 Å². The number of carbonyl (C=O) groups is 1. The molecule has 7 heteroatoms. The molecule has 1 rings (SSSR count). The molecule has 5 nitrogen and oxygen atoms in total. The number of nitrogens with zero attached hydrogens (tertiary/aromatic N) is 2. The van der Waals surface area contributed by atoms with Crippen molar-refractivity contribution >= 4 is 27.7 Å². The number of benzene rings is 1. The van der Waals surface area contributed by atoms with Crippen molar-refractivity contribution in [3.05, 3.63) is 34.1 Å². The molecule has 0 aliphatic heterocycles. The van der Waals surface area contributed by atoms with Crippen LogP contribution in [0.25, 0.3) is 0 Å². The summed E-state index contributed by atoms with van der Waals surface area (Å²) in [6.45, 7) is 4.64. The predicted molar refractivity (Wildman–Crippen MR) is 82.9 cm³/mol. The van der Waals surface area contributed by atoms with Crippen molar-refractivity contribution in [1.82, 2.24) is 4.90 Å². The minimum Gasteiger partial charge on any atom is -0.409 e. The van der Waals surface area contributed by atoms with Crippen LogP contribution in [-0.2, 0) is 0 Å². The Labute approximate surface area is 131 Å². The zero-order chi connectivity index (χ0) is 16.0. The average Bonchev–Trinajstić information content (AvgIpc) is 2.44. The minimum absolute atomic E-state index is 0.00420. The van der Waals surface area contributed by atoms with Crippen LogP contribution in [0, 0.1) is 11.7 Å². The van der Waals surface area contributed by atoms with E-state index >= 15 is 0 Å². The van der Waals surface area contributed by atoms with Crippen LogP contribution in [0.4, 0.5) is 4.39 Å². The number of amides is 1. The van der Waals surface area contributed by atoms with Gasteiger partial charge in [-0.1, -0.05) is 25.1 Å². The summed E-state index contributed by atoms with van der Waals surface area (Å²) in [4.78, 5) is 14.0. The number of nitrogens with two attached hydrogens (primary N) is 1. The zero-order valence-electron chi connectivity index (χ0n) is 12.0. The van der Waals surface area contributed by atoms with E-state index in [9.17, 15) is 9.18 Å². The van der Waals surface area contributed by atoms with Gasteiger partial charge in [-0.3, -0.25) is 4.79 Å². The molecule has 0 saturated carbocycles. The first-order chi connectivity index (χ1) is 9.86. The molecule has 0 saturated heterocycles. The second-order valence-corrected chi connectivity index (χ2v) is 5.94. The molecular formula is C14H19BrFN3O2. The van der Waals surface area contributed by atoms with Crippen LogP contribution in [-0.4, -0.2) is 34.9 Å². The summed E-state index contributed by atoms with van der Waals surface area (Å²) < 4.78 is 14.3. The van der Waals surface area contributed by atoms with E-state index in [4.69, 9.17) is 10.9 Å². The Bertz CT molecular complexity index is 535. The van der Waals surface area contributed by atoms with Crippen LogP contribution < -0.4 is 5.73 Å². The Kier molecular flexibility index (Phi) is 6.61. The third-order valence-corrected chi connectivity index (χ3v) is 3.43. The van der Waals surface area contributed by atoms with Crippen LogP contribution >= 0.6 is 15.9 Å². The SMILES string of the molecule is CC(C)CN(CC/C(N)=N/O)C(=O)c1cccc(Br)c1F. The lowest BCUT2D eigenvalue weighted by Crippen LogP contribution is -2.37. The minimum atomic E-state index is -0.583. The maximum atomic E-state index is 14.0. The van der Waals surface area contributed by atoms with E-state index in [0.717, 1.165) is 0 Å². The molecule has 0 aliphatic carbocycles. The summed E-state index contributed by atoms with van der Waals surface area (Å²) in [6, 6.07) is 4.59. The molecule has 0 heterocycles. The quantitative estimate of drug-likeness (QED) is 0.354. The molecule has 0 fully saturated rings. The lowest BCUT2D eigenvalue weighted by atomic mass is 10.1. The van der Waals surface area contributed by atoms with E-state index in [2.05, 4.69) is 21.1 Å². The predicted octanol–water partition coefficient (Wildman–Crippen LogP) is 2.82. The largest absolute Gasteiger partial charge is 0.409 e. The van der Waals surface area contributed by atoms with Crippen molar-refractivity contribution in [3.8, 4) is 0 Å². The first-order valence-corrected chi connectivity index (χ1v) is 7.35. The second kappa shape index (κ2) is 7.97. The van der Waals surface area contributed by atoms with Gasteiger partial charge in [-0.25, -0.2) is 4.39 Å². The van der Waals surface area contributed by atoms with Gasteiger partial charge in [-0.05, 0) is 34.0 Å². The molecule has 0 bridgehead atoms. The lowest BCUT2D eigenvalue weighted by molar-refractivity contribution is 0.0735. The Morgan fingerprint density at radius 1 is 1.52 bits per heavy atom. The fourth-order valence-corrected chi connectivity index (χ4v) is 2.22. The van der Waals surface area contributed by atoms with Crippen LogP contribution in [0.3, 0.4) is 0 Å². The van der Waals surface area contributed by atoms with Gasteiger partial charge in [0, 0.05) is 19.5 Å². The number of hydrogen-bond donors (Lipinski definition) is 2. The molecule has 0 aliphatic rings. The Balaban J connectivity index is 2.96. The molecule has 1 aromatic rings. The third-order valence-electron chi connectivity index (χ3n) is 2.82. The van der Waals surface area contributed by atoms with Crippen LogP contribution in [0.2, 0.25) is 0 Å². The third kappa shape index (κ3) is 5.00. The topological polar surface area (TPSA) is 78.9 Å². The maximum Gasteiger partial charge on any atom is 0.256 e. The number of rotatable bonds is 6. The Morgan fingerprint density at radius 3 is 2.76 bits per heavy atom. The van der Waals surface area contributed by atoms with Gasteiger partial charge in [0.15, 0.2) is 0 Å². The molecule has 0 spiro atoms. The monoisotopic (exact) mass is 359 g/mol. The van der Waals surface area contributed by atoms with Gasteiger partial charge >= 0.3 is 0 Å². The maximum absolute atomic E-state index is 14.0. The average molecular weight is 360 g/mol. The molecular weight excluding hydrogens is 341 g/mol. The van der Waals surface area contributed by atoms with E-state index < -0.39 is 11.7 Å². The molecule has 0 atom stereocenters. The molecule has 1 aromatic carbocycles. The van der Waals surface area contributed by atoms with Gasteiger partial charge in [0.1, 0.15) is 11.7 Å². The Hall–Kier alpha value is -1.63. The molecule has 1 amide bonds. The summed E-state index contributed by atoms with van der Waals surface area (Å²) >= 11 is 3.07. The molecule has 21 heavy (non-hydrogen) atoms. The highest BCUT2D eigenvalue weighted by Crippen LogP contribution is 2.20. The van der Waals surface area contributed by atoms with Gasteiger partial charge in [-0.2, -0.15) is 0 Å². The van der Waals surface area contributed by atoms with Crippen molar-refractivity contribution in [2.24, 2.45) is 16.8 Å². The summed E-state index contributed by atoms with van der Waals surface area (Å²) in [6.07, 6.45) is 0.227. The van der Waals surface area contributed by atoms with E-state index in [1.54, 1.807) is 6.07 Å². The van der Waals surface area contributed by atoms with E-state index in [1.165, 1.54) is 17.0 Å². The summed E-state index contributed by atoms with van der Waals surface area (Å²) in [7, 11) is 0. The van der Waals surface area contributed by atoms with Crippen molar-refractivity contribution in [2.75, 3.05) is 13.1 Å². The number of oxime groups is 1. The zero-order valence-corrected chi connectivity index (χ0v) is 13.6. The van der Waals surface area contributed by atoms with E-state index in [1.807, 2.05) is 13.8 Å². The molecule has 0 radical (unpaired) electrons. The van der Waals surface area contributed by atoms with E-state index in [-0.39, 0.29) is 34.8 Å². The number of amidine groups is 1. The van der Waals surface area contributed by atoms with Crippen molar-refractivity contribution in [1.29, 1.82) is 0 Å². The molecule has 0 unspecified atom stereocenters. The number of hydrogen-bond acceptors (Lipinski definition) is 3. The standard InChI is InChI=1S/C14H19BrFN3O2/c1-9(2)8-19(7-6-12(17)18-21)14(20)10-4-3-5-11(15)13(10)16/h3-5,9,21H,6-8H2,1-2H3,(H2,17,18). The van der Waals surface area contributed by atoms with Crippen LogP contribution in [0.5, 0.6) is 0 Å². The highest BCUT2D eigenvalue weighted by molar-refractivity contribution is 9.10. The molecule has 116 valence electrons. The number of halogens is 2. The highest BCUT2D eigenvalue weighted by atomic mass is 79.9. The molecule has 3 N–H and O–H groups in total. The van der Waals surface area contributed by atoms with Gasteiger partial charge in [0.2, 0.25) is 0 Å². The fourth-order valence-electron chi connectivity index (χ4n) is 1.86. The fraction of sp³-hybridized carbons (Fsp3) is 0.429. The van der Waals surface area contributed by atoms with Crippen LogP contribution in [0.1, 0.15) is 30.6 Å². The second-order valence-electron chi connectivity index (χ2n) is 5.09. The first-order valence-electron chi connectivity index (χ1n) is 6.56. The van der Waals surface area contributed by atoms with Crippen LogP contribution in [0.15, 0.2) is 27.8 Å². The first kappa shape index (κ1) is 17.4. The Morgan fingerprint density at radius 2 is 2.19 bits per heavy atom. The van der Waals surface area contributed by atoms with Crippen molar-refractivity contribution < 1.29 is 14.4 Å². The summed E-state index contributed by atoms with van der Waals surface area (Å²) in [5.74, 6) is -0.740. The number of carbonyl (C=O) groups excluding carboxylic acids is 1. The van der Waals surface area contributed by atoms with Gasteiger partial charge < -0.3 is 15.8 Å². The summed E-state index contributed by atoms with van der Waals surface area (Å²) in [5.41, 5.74) is 5.43.